The molecule has 0 saturated heterocycles. The van der Waals surface area contributed by atoms with Crippen molar-refractivity contribution in [2.45, 2.75) is 25.4 Å². The zero-order valence-corrected chi connectivity index (χ0v) is 8.97. The van der Waals surface area contributed by atoms with Crippen molar-refractivity contribution in [3.05, 3.63) is 17.7 Å². The molecule has 2 N–H and O–H groups in total. The van der Waals surface area contributed by atoms with Crippen LogP contribution in [0.4, 0.5) is 13.2 Å². The first-order valence-corrected chi connectivity index (χ1v) is 5.31. The van der Waals surface area contributed by atoms with Gasteiger partial charge in [-0.25, -0.2) is 4.98 Å². The second-order valence-corrected chi connectivity index (χ2v) is 4.10. The number of aromatic nitrogens is 2. The van der Waals surface area contributed by atoms with Crippen molar-refractivity contribution in [3.8, 4) is 0 Å². The van der Waals surface area contributed by atoms with Crippen molar-refractivity contribution in [1.82, 2.24) is 15.3 Å². The molecule has 0 saturated carbocycles. The zero-order valence-electron chi connectivity index (χ0n) is 8.97. The summed E-state index contributed by atoms with van der Waals surface area (Å²) in [5.41, 5.74) is 1.76. The molecule has 1 aromatic heterocycles. The van der Waals surface area contributed by atoms with Crippen LogP contribution in [0.5, 0.6) is 0 Å². The van der Waals surface area contributed by atoms with E-state index in [1.807, 2.05) is 5.32 Å². The summed E-state index contributed by atoms with van der Waals surface area (Å²) in [6, 6.07) is 0. The number of halogens is 3. The Hall–Kier alpha value is -1.53. The molecule has 1 aliphatic carbocycles. The van der Waals surface area contributed by atoms with Gasteiger partial charge in [0.1, 0.15) is 6.54 Å². The molecule has 17 heavy (non-hydrogen) atoms. The predicted octanol–water partition coefficient (Wildman–Crippen LogP) is 1.19. The van der Waals surface area contributed by atoms with Gasteiger partial charge in [-0.3, -0.25) is 4.79 Å². The standard InChI is InChI=1S/C10H12F3N3O/c11-10(12,13)4-14-9(17)6-1-2-7-8(3-6)16-5-15-7/h5-6H,1-4H2,(H,14,17)(H,15,16). The quantitative estimate of drug-likeness (QED) is 0.824. The molecule has 0 bridgehead atoms. The monoisotopic (exact) mass is 247 g/mol. The fourth-order valence-electron chi connectivity index (χ4n) is 1.96. The van der Waals surface area contributed by atoms with E-state index in [-0.39, 0.29) is 0 Å². The van der Waals surface area contributed by atoms with Gasteiger partial charge in [-0.05, 0) is 12.8 Å². The van der Waals surface area contributed by atoms with Gasteiger partial charge >= 0.3 is 6.18 Å². The number of imidazole rings is 1. The van der Waals surface area contributed by atoms with Gasteiger partial charge in [0.2, 0.25) is 5.91 Å². The fraction of sp³-hybridized carbons (Fsp3) is 0.600. The second-order valence-electron chi connectivity index (χ2n) is 4.10. The average molecular weight is 247 g/mol. The Bertz CT molecular complexity index is 413. The van der Waals surface area contributed by atoms with E-state index in [2.05, 4.69) is 9.97 Å². The molecule has 1 unspecified atom stereocenters. The summed E-state index contributed by atoms with van der Waals surface area (Å²) >= 11 is 0. The smallest absolute Gasteiger partial charge is 0.348 e. The molecule has 1 heterocycles. The maximum atomic E-state index is 11.9. The number of H-pyrrole nitrogens is 1. The number of amides is 1. The second kappa shape index (κ2) is 4.38. The SMILES string of the molecule is O=C(NCC(F)(F)F)C1CCc2nc[nH]c2C1. The van der Waals surface area contributed by atoms with Crippen LogP contribution in [-0.4, -0.2) is 28.6 Å². The topological polar surface area (TPSA) is 57.8 Å². The largest absolute Gasteiger partial charge is 0.405 e. The Morgan fingerprint density at radius 3 is 3.06 bits per heavy atom. The number of alkyl halides is 3. The van der Waals surface area contributed by atoms with Crippen molar-refractivity contribution in [2.24, 2.45) is 5.92 Å². The number of aryl methyl sites for hydroxylation is 1. The van der Waals surface area contributed by atoms with Crippen molar-refractivity contribution in [1.29, 1.82) is 0 Å². The van der Waals surface area contributed by atoms with Crippen molar-refractivity contribution in [2.75, 3.05) is 6.54 Å². The number of hydrogen-bond acceptors (Lipinski definition) is 2. The van der Waals surface area contributed by atoms with Gasteiger partial charge in [0, 0.05) is 18.0 Å². The molecule has 1 aliphatic rings. The lowest BCUT2D eigenvalue weighted by Gasteiger charge is -2.20. The number of carbonyl (C=O) groups is 1. The fourth-order valence-corrected chi connectivity index (χ4v) is 1.96. The molecule has 0 aliphatic heterocycles. The van der Waals surface area contributed by atoms with Gasteiger partial charge in [0.15, 0.2) is 0 Å². The van der Waals surface area contributed by atoms with Crippen molar-refractivity contribution in [3.63, 3.8) is 0 Å². The molecular formula is C10H12F3N3O. The van der Waals surface area contributed by atoms with Crippen LogP contribution < -0.4 is 5.32 Å². The molecule has 1 aromatic rings. The van der Waals surface area contributed by atoms with Gasteiger partial charge in [-0.1, -0.05) is 0 Å². The molecule has 94 valence electrons. The highest BCUT2D eigenvalue weighted by molar-refractivity contribution is 5.79. The van der Waals surface area contributed by atoms with E-state index in [0.717, 1.165) is 11.4 Å². The van der Waals surface area contributed by atoms with E-state index in [1.54, 1.807) is 6.33 Å². The highest BCUT2D eigenvalue weighted by Gasteiger charge is 2.31. The zero-order chi connectivity index (χ0) is 12.5. The number of carbonyl (C=O) groups excluding carboxylic acids is 1. The lowest BCUT2D eigenvalue weighted by atomic mass is 9.89. The van der Waals surface area contributed by atoms with Crippen molar-refractivity contribution >= 4 is 5.91 Å². The minimum Gasteiger partial charge on any atom is -0.348 e. The van der Waals surface area contributed by atoms with Crippen LogP contribution in [0.1, 0.15) is 17.8 Å². The van der Waals surface area contributed by atoms with Gasteiger partial charge in [-0.15, -0.1) is 0 Å². The summed E-state index contributed by atoms with van der Waals surface area (Å²) in [7, 11) is 0. The van der Waals surface area contributed by atoms with Crippen LogP contribution in [0.2, 0.25) is 0 Å². The molecular weight excluding hydrogens is 235 g/mol. The van der Waals surface area contributed by atoms with E-state index in [1.165, 1.54) is 0 Å². The average Bonchev–Trinajstić information content (AvgIpc) is 2.71. The van der Waals surface area contributed by atoms with Gasteiger partial charge in [-0.2, -0.15) is 13.2 Å². The molecule has 1 atom stereocenters. The van der Waals surface area contributed by atoms with E-state index >= 15 is 0 Å². The minimum atomic E-state index is -4.36. The highest BCUT2D eigenvalue weighted by atomic mass is 19.4. The summed E-state index contributed by atoms with van der Waals surface area (Å²) in [6.07, 6.45) is -1.21. The van der Waals surface area contributed by atoms with E-state index in [4.69, 9.17) is 0 Å². The number of nitrogens with zero attached hydrogens (tertiary/aromatic N) is 1. The number of rotatable bonds is 2. The van der Waals surface area contributed by atoms with Crippen LogP contribution in [0, 0.1) is 5.92 Å². The number of hydrogen-bond donors (Lipinski definition) is 2. The van der Waals surface area contributed by atoms with Gasteiger partial charge in [0.25, 0.3) is 0 Å². The Morgan fingerprint density at radius 2 is 2.35 bits per heavy atom. The van der Waals surface area contributed by atoms with E-state index in [0.29, 0.717) is 19.3 Å². The first-order valence-electron chi connectivity index (χ1n) is 5.31. The third-order valence-electron chi connectivity index (χ3n) is 2.82. The minimum absolute atomic E-state index is 0.398. The van der Waals surface area contributed by atoms with E-state index < -0.39 is 24.5 Å². The summed E-state index contributed by atoms with van der Waals surface area (Å²) in [5.74, 6) is -0.937. The summed E-state index contributed by atoms with van der Waals surface area (Å²) < 4.78 is 35.8. The number of nitrogens with one attached hydrogen (secondary N) is 2. The Balaban J connectivity index is 1.90. The Kier molecular flexibility index (Phi) is 3.08. The molecule has 0 aromatic carbocycles. The predicted molar refractivity (Wildman–Crippen MR) is 53.2 cm³/mol. The lowest BCUT2D eigenvalue weighted by molar-refractivity contribution is -0.141. The Labute approximate surface area is 95.6 Å². The van der Waals surface area contributed by atoms with Crippen LogP contribution in [-0.2, 0) is 17.6 Å². The van der Waals surface area contributed by atoms with Crippen LogP contribution in [0.15, 0.2) is 6.33 Å². The molecule has 4 nitrogen and oxygen atoms in total. The first-order chi connectivity index (χ1) is 7.96. The van der Waals surface area contributed by atoms with E-state index in [9.17, 15) is 18.0 Å². The third-order valence-corrected chi connectivity index (χ3v) is 2.82. The highest BCUT2D eigenvalue weighted by Crippen LogP contribution is 2.23. The summed E-state index contributed by atoms with van der Waals surface area (Å²) in [6.45, 7) is -1.27. The molecule has 0 radical (unpaired) electrons. The maximum absolute atomic E-state index is 11.9. The maximum Gasteiger partial charge on any atom is 0.405 e. The first kappa shape index (κ1) is 11.9. The van der Waals surface area contributed by atoms with Crippen LogP contribution in [0.25, 0.3) is 0 Å². The summed E-state index contributed by atoms with van der Waals surface area (Å²) in [4.78, 5) is 18.5. The van der Waals surface area contributed by atoms with Crippen LogP contribution >= 0.6 is 0 Å². The van der Waals surface area contributed by atoms with Gasteiger partial charge in [0.05, 0.1) is 12.0 Å². The molecule has 0 fully saturated rings. The Morgan fingerprint density at radius 1 is 1.59 bits per heavy atom. The lowest BCUT2D eigenvalue weighted by Crippen LogP contribution is -2.39. The normalized spacial score (nSPS) is 19.8. The molecule has 7 heteroatoms. The van der Waals surface area contributed by atoms with Crippen LogP contribution in [0.3, 0.4) is 0 Å². The third kappa shape index (κ3) is 2.98. The number of aromatic amines is 1. The molecule has 0 spiro atoms. The molecule has 1 amide bonds. The number of fused-ring (bicyclic) bond motifs is 1. The summed E-state index contributed by atoms with van der Waals surface area (Å²) in [5, 5.41) is 1.92. The van der Waals surface area contributed by atoms with Gasteiger partial charge < -0.3 is 10.3 Å². The van der Waals surface area contributed by atoms with Crippen molar-refractivity contribution < 1.29 is 18.0 Å². The molecule has 2 rings (SSSR count).